The molecule has 7 rings (SSSR count). The molecule has 1 aromatic heterocycles. The Labute approximate surface area is 345 Å². The number of carbonyl (C=O) groups is 6. The van der Waals surface area contributed by atoms with Gasteiger partial charge in [-0.25, -0.2) is 10.2 Å². The number of H-pyrrole nitrogens is 1. The summed E-state index contributed by atoms with van der Waals surface area (Å²) >= 11 is 6.51. The zero-order chi connectivity index (χ0) is 41.6. The van der Waals surface area contributed by atoms with Crippen molar-refractivity contribution in [3.8, 4) is 5.75 Å². The topological polar surface area (TPSA) is 186 Å². The zero-order valence-electron chi connectivity index (χ0n) is 32.8. The maximum Gasteiger partial charge on any atom is 0.415 e. The Bertz CT molecular complexity index is 2350. The number of amides is 6. The number of anilines is 1. The van der Waals surface area contributed by atoms with Crippen LogP contribution >= 0.6 is 11.6 Å². The van der Waals surface area contributed by atoms with Crippen LogP contribution in [-0.4, -0.2) is 133 Å². The molecule has 0 saturated carbocycles. The minimum absolute atomic E-state index is 0.0000657. The molecule has 0 aliphatic carbocycles. The van der Waals surface area contributed by atoms with Crippen molar-refractivity contribution < 1.29 is 38.2 Å². The molecule has 17 heteroatoms. The van der Waals surface area contributed by atoms with Crippen molar-refractivity contribution in [3.63, 3.8) is 0 Å². The van der Waals surface area contributed by atoms with E-state index in [-0.39, 0.29) is 62.8 Å². The Hall–Kier alpha value is -6.10. The SMILES string of the molecule is C/C(=N\NC(=O)CCOCCNC(=O)CCN1C(=O)C=CC1=O)c1ccc2[nH]c(C(=O)N3C[C@@H](CCl)c4c3cc(OC(=O)N3CCN(C)CC3)c3ccccc43)cc2c1. The number of likely N-dealkylation sites (N-methyl/N-ethyl adjacent to an activating group) is 1. The van der Waals surface area contributed by atoms with Gasteiger partial charge in [-0.3, -0.25) is 28.9 Å². The Morgan fingerprint density at radius 2 is 1.66 bits per heavy atom. The molecule has 0 unspecified atom stereocenters. The number of carbonyl (C=O) groups excluding carboxylic acids is 6. The fourth-order valence-corrected chi connectivity index (χ4v) is 7.58. The quantitative estimate of drug-likeness (QED) is 0.0561. The van der Waals surface area contributed by atoms with Crippen LogP contribution in [0.1, 0.15) is 47.3 Å². The Balaban J connectivity index is 0.947. The predicted molar refractivity (Wildman–Crippen MR) is 222 cm³/mol. The van der Waals surface area contributed by atoms with Gasteiger partial charge in [0.1, 0.15) is 11.4 Å². The van der Waals surface area contributed by atoms with Crippen LogP contribution in [0, 0.1) is 0 Å². The maximum atomic E-state index is 14.3. The molecule has 59 heavy (non-hydrogen) atoms. The van der Waals surface area contributed by atoms with Gasteiger partial charge < -0.3 is 34.5 Å². The van der Waals surface area contributed by atoms with E-state index < -0.39 is 17.9 Å². The van der Waals surface area contributed by atoms with Crippen molar-refractivity contribution in [3.05, 3.63) is 83.6 Å². The summed E-state index contributed by atoms with van der Waals surface area (Å²) in [6.45, 7) is 5.26. The van der Waals surface area contributed by atoms with Crippen LogP contribution in [0.15, 0.2) is 71.9 Å². The molecule has 3 aromatic carbocycles. The van der Waals surface area contributed by atoms with Gasteiger partial charge >= 0.3 is 6.09 Å². The van der Waals surface area contributed by atoms with Crippen molar-refractivity contribution >= 4 is 80.3 Å². The van der Waals surface area contributed by atoms with Crippen molar-refractivity contribution in [2.24, 2.45) is 5.10 Å². The Morgan fingerprint density at radius 1 is 0.915 bits per heavy atom. The first-order valence-corrected chi connectivity index (χ1v) is 20.0. The molecule has 3 aliphatic rings. The number of hydrogen-bond donors (Lipinski definition) is 3. The number of rotatable bonds is 14. The number of halogens is 1. The van der Waals surface area contributed by atoms with E-state index in [1.54, 1.807) is 28.9 Å². The van der Waals surface area contributed by atoms with Crippen molar-refractivity contribution in [2.75, 3.05) is 76.9 Å². The molecule has 0 radical (unpaired) electrons. The molecular weight excluding hydrogens is 780 g/mol. The number of fused-ring (bicyclic) bond motifs is 4. The number of nitrogens with one attached hydrogen (secondary N) is 3. The number of aromatic amines is 1. The summed E-state index contributed by atoms with van der Waals surface area (Å²) in [6, 6.07) is 16.8. The highest BCUT2D eigenvalue weighted by atomic mass is 35.5. The molecule has 1 fully saturated rings. The van der Waals surface area contributed by atoms with E-state index in [2.05, 4.69) is 25.7 Å². The molecule has 4 aromatic rings. The molecule has 0 bridgehead atoms. The minimum atomic E-state index is -0.437. The van der Waals surface area contributed by atoms with Crippen LogP contribution in [0.5, 0.6) is 5.75 Å². The van der Waals surface area contributed by atoms with Gasteiger partial charge in [-0.2, -0.15) is 5.10 Å². The van der Waals surface area contributed by atoms with Gasteiger partial charge in [0.25, 0.3) is 17.7 Å². The average molecular weight is 825 g/mol. The third kappa shape index (κ3) is 9.30. The summed E-state index contributed by atoms with van der Waals surface area (Å²) in [6.07, 6.45) is 1.94. The number of nitrogens with zero attached hydrogens (tertiary/aromatic N) is 5. The van der Waals surface area contributed by atoms with E-state index in [9.17, 15) is 28.8 Å². The van der Waals surface area contributed by atoms with E-state index in [1.807, 2.05) is 49.5 Å². The lowest BCUT2D eigenvalue weighted by Crippen LogP contribution is -2.48. The number of alkyl halides is 1. The van der Waals surface area contributed by atoms with Gasteiger partial charge in [0.05, 0.1) is 31.0 Å². The smallest absolute Gasteiger partial charge is 0.409 e. The summed E-state index contributed by atoms with van der Waals surface area (Å²) in [5.74, 6) is -1.26. The van der Waals surface area contributed by atoms with Crippen LogP contribution in [-0.2, 0) is 23.9 Å². The van der Waals surface area contributed by atoms with Crippen molar-refractivity contribution in [1.82, 2.24) is 30.4 Å². The standard InChI is InChI=1S/C42H45ClN8O8/c1-26(46-47-37(53)12-19-58-20-13-44-36(52)11-14-50-38(54)9-10-39(50)55)27-7-8-32-28(21-27)22-33(45-32)41(56)51-25-29(24-43)40-31-6-4-3-5-30(31)35(23-34(40)51)59-42(57)49-17-15-48(2)16-18-49/h3-10,21-23,29,45H,11-20,24-25H2,1-2H3,(H,44,52)(H,47,53)/b46-26+/t29-/m1/s1. The lowest BCUT2D eigenvalue weighted by atomic mass is 9.95. The molecule has 16 nitrogen and oxygen atoms in total. The first-order chi connectivity index (χ1) is 28.5. The summed E-state index contributed by atoms with van der Waals surface area (Å²) in [5.41, 5.74) is 6.53. The number of aromatic nitrogens is 1. The number of hydrogen-bond acceptors (Lipinski definition) is 10. The van der Waals surface area contributed by atoms with E-state index in [0.29, 0.717) is 48.4 Å². The average Bonchev–Trinajstić information content (AvgIpc) is 3.94. The normalized spacial score (nSPS) is 17.0. The lowest BCUT2D eigenvalue weighted by molar-refractivity contribution is -0.137. The highest BCUT2D eigenvalue weighted by molar-refractivity contribution is 6.19. The molecule has 1 saturated heterocycles. The molecular formula is C42H45ClN8O8. The third-order valence-corrected chi connectivity index (χ3v) is 11.0. The van der Waals surface area contributed by atoms with Crippen LogP contribution in [0.4, 0.5) is 10.5 Å². The highest BCUT2D eigenvalue weighted by Crippen LogP contribution is 2.46. The van der Waals surface area contributed by atoms with Crippen LogP contribution in [0.3, 0.4) is 0 Å². The van der Waals surface area contributed by atoms with Gasteiger partial charge in [0.15, 0.2) is 0 Å². The van der Waals surface area contributed by atoms with Crippen LogP contribution in [0.25, 0.3) is 21.7 Å². The van der Waals surface area contributed by atoms with Gasteiger partial charge in [-0.1, -0.05) is 30.3 Å². The van der Waals surface area contributed by atoms with Crippen molar-refractivity contribution in [1.29, 1.82) is 0 Å². The Kier molecular flexibility index (Phi) is 12.7. The van der Waals surface area contributed by atoms with Crippen molar-refractivity contribution in [2.45, 2.75) is 25.7 Å². The molecule has 1 atom stereocenters. The van der Waals surface area contributed by atoms with Gasteiger partial charge in [-0.05, 0) is 48.7 Å². The molecule has 3 N–H and O–H groups in total. The second-order valence-electron chi connectivity index (χ2n) is 14.6. The summed E-state index contributed by atoms with van der Waals surface area (Å²) < 4.78 is 11.5. The number of benzene rings is 3. The second-order valence-corrected chi connectivity index (χ2v) is 14.9. The zero-order valence-corrected chi connectivity index (χ0v) is 33.5. The largest absolute Gasteiger partial charge is 0.415 e. The maximum absolute atomic E-state index is 14.3. The summed E-state index contributed by atoms with van der Waals surface area (Å²) in [4.78, 5) is 85.0. The monoisotopic (exact) mass is 824 g/mol. The number of imide groups is 1. The molecule has 308 valence electrons. The molecule has 6 amide bonds. The van der Waals surface area contributed by atoms with E-state index >= 15 is 0 Å². The number of piperazine rings is 1. The second kappa shape index (κ2) is 18.2. The summed E-state index contributed by atoms with van der Waals surface area (Å²) in [5, 5.41) is 9.33. The first-order valence-electron chi connectivity index (χ1n) is 19.4. The molecule has 0 spiro atoms. The van der Waals surface area contributed by atoms with Gasteiger partial charge in [-0.15, -0.1) is 11.6 Å². The molecule has 4 heterocycles. The van der Waals surface area contributed by atoms with E-state index in [4.69, 9.17) is 21.1 Å². The highest BCUT2D eigenvalue weighted by Gasteiger charge is 2.36. The third-order valence-electron chi connectivity index (χ3n) is 10.6. The number of ether oxygens (including phenoxy) is 2. The summed E-state index contributed by atoms with van der Waals surface area (Å²) in [7, 11) is 2.02. The fourth-order valence-electron chi connectivity index (χ4n) is 7.33. The van der Waals surface area contributed by atoms with E-state index in [1.165, 1.54) is 12.2 Å². The van der Waals surface area contributed by atoms with E-state index in [0.717, 1.165) is 50.8 Å². The minimum Gasteiger partial charge on any atom is -0.409 e. The van der Waals surface area contributed by atoms with Crippen LogP contribution < -0.4 is 20.4 Å². The lowest BCUT2D eigenvalue weighted by Gasteiger charge is -2.31. The predicted octanol–water partition coefficient (Wildman–Crippen LogP) is 3.73. The van der Waals surface area contributed by atoms with Gasteiger partial charge in [0, 0.05) is 98.5 Å². The Morgan fingerprint density at radius 3 is 2.41 bits per heavy atom. The number of hydrazone groups is 1. The molecule has 3 aliphatic heterocycles. The van der Waals surface area contributed by atoms with Crippen LogP contribution in [0.2, 0.25) is 0 Å². The first kappa shape index (κ1) is 41.1. The fraction of sp³-hybridized carbons (Fsp3) is 0.357. The van der Waals surface area contributed by atoms with Gasteiger partial charge in [0.2, 0.25) is 11.8 Å².